The number of hydrogen-bond donors (Lipinski definition) is 1. The Morgan fingerprint density at radius 3 is 2.47 bits per heavy atom. The number of anilines is 1. The van der Waals surface area contributed by atoms with E-state index in [0.717, 1.165) is 27.3 Å². The number of amides is 2. The van der Waals surface area contributed by atoms with Crippen LogP contribution >= 0.6 is 23.1 Å². The van der Waals surface area contributed by atoms with Crippen LogP contribution in [-0.4, -0.2) is 39.5 Å². The predicted octanol–water partition coefficient (Wildman–Crippen LogP) is 6.09. The van der Waals surface area contributed by atoms with Gasteiger partial charge in [-0.25, -0.2) is 4.79 Å². The van der Waals surface area contributed by atoms with Crippen molar-refractivity contribution < 1.29 is 28.8 Å². The summed E-state index contributed by atoms with van der Waals surface area (Å²) in [6.45, 7) is 4.19. The van der Waals surface area contributed by atoms with Crippen molar-refractivity contribution in [3.05, 3.63) is 114 Å². The average molecular weight is 698 g/mol. The molecule has 3 fully saturated rings. The number of nitro benzene ring substituents is 1. The van der Waals surface area contributed by atoms with Crippen molar-refractivity contribution in [2.45, 2.75) is 43.1 Å². The van der Waals surface area contributed by atoms with E-state index in [9.17, 15) is 29.3 Å². The molecule has 13 heteroatoms. The minimum atomic E-state index is -0.571. The number of thiazole rings is 1. The van der Waals surface area contributed by atoms with Gasteiger partial charge >= 0.3 is 10.8 Å². The minimum Gasteiger partial charge on any atom is -0.489 e. The second-order valence-electron chi connectivity index (χ2n) is 12.9. The number of nitro groups is 1. The number of H-pyrrole nitrogens is 1. The molecule has 2 saturated carbocycles. The Bertz CT molecular complexity index is 2090. The first-order chi connectivity index (χ1) is 23.7. The molecule has 49 heavy (non-hydrogen) atoms. The third kappa shape index (κ3) is 5.01. The number of ether oxygens (including phenoxy) is 2. The second kappa shape index (κ2) is 12.0. The summed E-state index contributed by atoms with van der Waals surface area (Å²) in [7, 11) is 0. The van der Waals surface area contributed by atoms with Gasteiger partial charge in [0.05, 0.1) is 39.6 Å². The highest BCUT2D eigenvalue weighted by Gasteiger charge is 2.70. The normalized spacial score (nSPS) is 26.3. The molecule has 250 valence electrons. The Kier molecular flexibility index (Phi) is 7.71. The standard InChI is InChI=1S/C36H31N3O8S2/c1-3-46-35(42)18-8-10-20(11-9-18)38-33(40)28-23-15-24(29(28)34(38)41)30-27(23)26(31-32(48-30)37-36(43)49-31)22-14-21(39(44)45)12-13-25(22)47-16-19-7-5-4-6-17(19)2/h4-14,23-24,26-30H,3,15-16H2,1-2H3,(H,37,43)/t23?,24?,26-,27?,28?,29?,30?/m1/s1. The van der Waals surface area contributed by atoms with E-state index >= 15 is 0 Å². The SMILES string of the molecule is CCOC(=O)c1ccc(N2C(=O)C3C4CC(C3C2=O)C2C4Sc3[nH]c(=O)sc3[C@@H]2c2cc([N+](=O)[O-])ccc2OCc2ccccc2C)cc1. The molecule has 6 unspecified atom stereocenters. The van der Waals surface area contributed by atoms with E-state index in [1.54, 1.807) is 55.1 Å². The minimum absolute atomic E-state index is 0.0944. The first kappa shape index (κ1) is 31.5. The summed E-state index contributed by atoms with van der Waals surface area (Å²) in [5.41, 5.74) is 3.26. The molecule has 0 radical (unpaired) electrons. The maximum absolute atomic E-state index is 14.2. The van der Waals surface area contributed by atoms with Gasteiger partial charge in [-0.1, -0.05) is 35.6 Å². The first-order valence-electron chi connectivity index (χ1n) is 16.2. The topological polar surface area (TPSA) is 149 Å². The van der Waals surface area contributed by atoms with Crippen LogP contribution in [0.15, 0.2) is 76.6 Å². The molecule has 3 aromatic carbocycles. The Balaban J connectivity index is 1.18. The molecule has 2 amide bonds. The second-order valence-corrected chi connectivity index (χ2v) is 15.1. The van der Waals surface area contributed by atoms with Crippen LogP contribution in [0.4, 0.5) is 11.4 Å². The van der Waals surface area contributed by atoms with Gasteiger partial charge in [-0.3, -0.25) is 29.4 Å². The maximum atomic E-state index is 14.2. The Hall–Kier alpha value is -4.75. The van der Waals surface area contributed by atoms with E-state index in [2.05, 4.69) is 4.98 Å². The van der Waals surface area contributed by atoms with Gasteiger partial charge in [0.1, 0.15) is 12.4 Å². The number of thioether (sulfide) groups is 1. The molecule has 4 aromatic rings. The van der Waals surface area contributed by atoms with Crippen molar-refractivity contribution in [3.63, 3.8) is 0 Å². The summed E-state index contributed by atoms with van der Waals surface area (Å²) in [4.78, 5) is 69.7. The quantitative estimate of drug-likeness (QED) is 0.1000. The lowest BCUT2D eigenvalue weighted by molar-refractivity contribution is -0.385. The van der Waals surface area contributed by atoms with Gasteiger partial charge in [0, 0.05) is 33.7 Å². The molecule has 2 aliphatic heterocycles. The fourth-order valence-electron chi connectivity index (χ4n) is 8.53. The molecule has 8 rings (SSSR count). The van der Waals surface area contributed by atoms with E-state index in [1.807, 2.05) is 31.2 Å². The van der Waals surface area contributed by atoms with Gasteiger partial charge in [0.15, 0.2) is 0 Å². The lowest BCUT2D eigenvalue weighted by Crippen LogP contribution is -2.42. The molecular formula is C36H31N3O8S2. The van der Waals surface area contributed by atoms with Crippen LogP contribution < -0.4 is 14.5 Å². The summed E-state index contributed by atoms with van der Waals surface area (Å²) in [6.07, 6.45) is 0.661. The zero-order valence-electron chi connectivity index (χ0n) is 26.5. The average Bonchev–Trinajstić information content (AvgIpc) is 3.83. The number of esters is 1. The number of nitrogens with one attached hydrogen (secondary N) is 1. The number of rotatable bonds is 8. The number of hydrogen-bond acceptors (Lipinski definition) is 10. The summed E-state index contributed by atoms with van der Waals surface area (Å²) >= 11 is 2.63. The number of carbonyl (C=O) groups excluding carboxylic acids is 3. The van der Waals surface area contributed by atoms with Crippen LogP contribution in [0.5, 0.6) is 5.75 Å². The Morgan fingerprint density at radius 2 is 1.76 bits per heavy atom. The van der Waals surface area contributed by atoms with E-state index in [1.165, 1.54) is 11.0 Å². The van der Waals surface area contributed by atoms with Gasteiger partial charge in [-0.05, 0) is 79.5 Å². The van der Waals surface area contributed by atoms with Crippen LogP contribution in [0.1, 0.15) is 51.2 Å². The molecule has 2 bridgehead atoms. The molecule has 4 aliphatic rings. The van der Waals surface area contributed by atoms with Gasteiger partial charge in [-0.2, -0.15) is 0 Å². The Labute approximate surface area is 288 Å². The molecule has 1 aromatic heterocycles. The molecule has 7 atom stereocenters. The monoisotopic (exact) mass is 697 g/mol. The van der Waals surface area contributed by atoms with Crippen molar-refractivity contribution in [2.75, 3.05) is 11.5 Å². The fourth-order valence-corrected chi connectivity index (χ4v) is 11.4. The summed E-state index contributed by atoms with van der Waals surface area (Å²) in [5, 5.41) is 12.6. The van der Waals surface area contributed by atoms with E-state index < -0.39 is 28.6 Å². The van der Waals surface area contributed by atoms with Crippen LogP contribution in [0.25, 0.3) is 0 Å². The molecule has 1 N–H and O–H groups in total. The van der Waals surface area contributed by atoms with Crippen LogP contribution in [0, 0.1) is 46.6 Å². The first-order valence-corrected chi connectivity index (χ1v) is 17.9. The summed E-state index contributed by atoms with van der Waals surface area (Å²) in [5.74, 6) is -2.62. The third-order valence-corrected chi connectivity index (χ3v) is 13.1. The van der Waals surface area contributed by atoms with E-state index in [-0.39, 0.29) is 58.6 Å². The summed E-state index contributed by atoms with van der Waals surface area (Å²) in [6, 6.07) is 18.7. The molecular weight excluding hydrogens is 667 g/mol. The van der Waals surface area contributed by atoms with Gasteiger partial charge < -0.3 is 14.5 Å². The highest BCUT2D eigenvalue weighted by atomic mass is 32.2. The van der Waals surface area contributed by atoms with Crippen LogP contribution in [-0.2, 0) is 20.9 Å². The number of aromatic amines is 1. The van der Waals surface area contributed by atoms with Crippen molar-refractivity contribution >= 4 is 52.3 Å². The van der Waals surface area contributed by atoms with Gasteiger partial charge in [0.25, 0.3) is 5.69 Å². The number of non-ortho nitro benzene ring substituents is 1. The summed E-state index contributed by atoms with van der Waals surface area (Å²) < 4.78 is 11.5. The maximum Gasteiger partial charge on any atom is 0.338 e. The zero-order valence-corrected chi connectivity index (χ0v) is 28.1. The van der Waals surface area contributed by atoms with Gasteiger partial charge in [-0.15, -0.1) is 11.8 Å². The molecule has 1 saturated heterocycles. The number of benzene rings is 3. The fraction of sp³-hybridized carbons (Fsp3) is 0.333. The van der Waals surface area contributed by atoms with Crippen molar-refractivity contribution in [1.29, 1.82) is 0 Å². The molecule has 3 heterocycles. The van der Waals surface area contributed by atoms with Gasteiger partial charge in [0.2, 0.25) is 11.8 Å². The largest absolute Gasteiger partial charge is 0.489 e. The molecule has 2 aliphatic carbocycles. The van der Waals surface area contributed by atoms with E-state index in [4.69, 9.17) is 9.47 Å². The number of fused-ring (bicyclic) bond motifs is 9. The number of aryl methyl sites for hydroxylation is 1. The Morgan fingerprint density at radius 1 is 1.02 bits per heavy atom. The zero-order chi connectivity index (χ0) is 34.1. The lowest BCUT2D eigenvalue weighted by Gasteiger charge is -2.43. The highest BCUT2D eigenvalue weighted by molar-refractivity contribution is 8.00. The predicted molar refractivity (Wildman–Crippen MR) is 182 cm³/mol. The lowest BCUT2D eigenvalue weighted by atomic mass is 9.68. The number of carbonyl (C=O) groups is 3. The van der Waals surface area contributed by atoms with Crippen molar-refractivity contribution in [1.82, 2.24) is 4.98 Å². The van der Waals surface area contributed by atoms with Crippen molar-refractivity contribution in [2.24, 2.45) is 29.6 Å². The molecule has 0 spiro atoms. The number of nitrogens with zero attached hydrogens (tertiary/aromatic N) is 2. The third-order valence-electron chi connectivity index (χ3n) is 10.5. The smallest absolute Gasteiger partial charge is 0.338 e. The van der Waals surface area contributed by atoms with Crippen molar-refractivity contribution in [3.8, 4) is 5.75 Å². The van der Waals surface area contributed by atoms with Crippen LogP contribution in [0.3, 0.4) is 0 Å². The molecule has 11 nitrogen and oxygen atoms in total. The van der Waals surface area contributed by atoms with Crippen LogP contribution in [0.2, 0.25) is 0 Å². The number of imide groups is 1. The highest BCUT2D eigenvalue weighted by Crippen LogP contribution is 2.69. The number of aromatic nitrogens is 1. The van der Waals surface area contributed by atoms with E-state index in [0.29, 0.717) is 34.0 Å².